The van der Waals surface area contributed by atoms with Gasteiger partial charge in [0.2, 0.25) is 0 Å². The first-order chi connectivity index (χ1) is 9.27. The van der Waals surface area contributed by atoms with E-state index in [1.54, 1.807) is 7.11 Å². The van der Waals surface area contributed by atoms with Crippen molar-refractivity contribution in [3.63, 3.8) is 0 Å². The Morgan fingerprint density at radius 3 is 2.63 bits per heavy atom. The predicted octanol–water partition coefficient (Wildman–Crippen LogP) is 4.62. The molecule has 102 valence electrons. The van der Waals surface area contributed by atoms with E-state index in [1.807, 2.05) is 61.6 Å². The second-order valence-corrected chi connectivity index (χ2v) is 4.64. The molecule has 1 rings (SSSR count). The van der Waals surface area contributed by atoms with Gasteiger partial charge >= 0.3 is 0 Å². The van der Waals surface area contributed by atoms with Crippen molar-refractivity contribution >= 4 is 22.0 Å². The van der Waals surface area contributed by atoms with Crippen LogP contribution in [0.2, 0.25) is 0 Å². The van der Waals surface area contributed by atoms with Crippen molar-refractivity contribution in [1.82, 2.24) is 0 Å². The number of halogens is 1. The molecule has 0 saturated carbocycles. The van der Waals surface area contributed by atoms with Crippen molar-refractivity contribution in [2.24, 2.45) is 0 Å². The quantitative estimate of drug-likeness (QED) is 0.538. The number of hydrogen-bond acceptors (Lipinski definition) is 2. The standard InChI is InChI=1S/C16H19BrO2/c1-3-4-5-6-11-19-12-7-8-14-9-10-16(18-2)15(17)13-14/h3-10,13H,11-12H2,1-2H3/b4-3+,6-5+,8-7+. The Morgan fingerprint density at radius 1 is 1.16 bits per heavy atom. The van der Waals surface area contributed by atoms with Crippen molar-refractivity contribution in [1.29, 1.82) is 0 Å². The highest BCUT2D eigenvalue weighted by Crippen LogP contribution is 2.25. The Hall–Kier alpha value is -1.32. The average molecular weight is 323 g/mol. The number of rotatable bonds is 7. The highest BCUT2D eigenvalue weighted by molar-refractivity contribution is 9.10. The molecule has 0 N–H and O–H groups in total. The molecule has 3 heteroatoms. The van der Waals surface area contributed by atoms with E-state index in [9.17, 15) is 0 Å². The number of hydrogen-bond donors (Lipinski definition) is 0. The summed E-state index contributed by atoms with van der Waals surface area (Å²) >= 11 is 3.46. The molecule has 0 amide bonds. The third-order valence-corrected chi connectivity index (χ3v) is 2.97. The lowest BCUT2D eigenvalue weighted by atomic mass is 10.2. The molecule has 1 aromatic carbocycles. The van der Waals surface area contributed by atoms with Crippen LogP contribution in [0.15, 0.2) is 53.1 Å². The molecule has 2 nitrogen and oxygen atoms in total. The number of allylic oxidation sites excluding steroid dienone is 3. The molecule has 0 bridgehead atoms. The van der Waals surface area contributed by atoms with Crippen molar-refractivity contribution in [2.45, 2.75) is 6.92 Å². The van der Waals surface area contributed by atoms with E-state index in [-0.39, 0.29) is 0 Å². The molecule has 0 heterocycles. The normalized spacial score (nSPS) is 11.9. The molecule has 0 fully saturated rings. The van der Waals surface area contributed by atoms with E-state index < -0.39 is 0 Å². The van der Waals surface area contributed by atoms with Crippen LogP contribution < -0.4 is 4.74 Å². The molecule has 1 aromatic rings. The number of methoxy groups -OCH3 is 1. The van der Waals surface area contributed by atoms with Gasteiger partial charge in [0.15, 0.2) is 0 Å². The van der Waals surface area contributed by atoms with Gasteiger partial charge in [-0.25, -0.2) is 0 Å². The monoisotopic (exact) mass is 322 g/mol. The zero-order valence-corrected chi connectivity index (χ0v) is 12.9. The van der Waals surface area contributed by atoms with E-state index in [0.717, 1.165) is 15.8 Å². The summed E-state index contributed by atoms with van der Waals surface area (Å²) in [4.78, 5) is 0. The average Bonchev–Trinajstić information content (AvgIpc) is 2.42. The summed E-state index contributed by atoms with van der Waals surface area (Å²) in [5, 5.41) is 0. The Balaban J connectivity index is 2.34. The maximum Gasteiger partial charge on any atom is 0.133 e. The van der Waals surface area contributed by atoms with Crippen LogP contribution in [0.25, 0.3) is 6.08 Å². The predicted molar refractivity (Wildman–Crippen MR) is 84.5 cm³/mol. The van der Waals surface area contributed by atoms with Crippen LogP contribution in [-0.2, 0) is 4.74 Å². The van der Waals surface area contributed by atoms with Gasteiger partial charge in [0.25, 0.3) is 0 Å². The fourth-order valence-electron chi connectivity index (χ4n) is 1.42. The summed E-state index contributed by atoms with van der Waals surface area (Å²) in [6, 6.07) is 5.96. The maximum absolute atomic E-state index is 5.43. The first-order valence-corrected chi connectivity index (χ1v) is 6.93. The molecule has 0 aliphatic heterocycles. The Kier molecular flexibility index (Phi) is 7.94. The summed E-state index contributed by atoms with van der Waals surface area (Å²) < 4.78 is 11.6. The molecule has 0 saturated heterocycles. The minimum Gasteiger partial charge on any atom is -0.496 e. The van der Waals surface area contributed by atoms with Gasteiger partial charge in [-0.2, -0.15) is 0 Å². The second kappa shape index (κ2) is 9.59. The van der Waals surface area contributed by atoms with Gasteiger partial charge in [-0.3, -0.25) is 0 Å². The lowest BCUT2D eigenvalue weighted by Gasteiger charge is -2.03. The molecule has 0 atom stereocenters. The van der Waals surface area contributed by atoms with Crippen LogP contribution in [0.5, 0.6) is 5.75 Å². The largest absolute Gasteiger partial charge is 0.496 e. The van der Waals surface area contributed by atoms with Crippen LogP contribution in [0, 0.1) is 0 Å². The lowest BCUT2D eigenvalue weighted by molar-refractivity contribution is 0.194. The smallest absolute Gasteiger partial charge is 0.133 e. The summed E-state index contributed by atoms with van der Waals surface area (Å²) in [5.74, 6) is 0.836. The molecular formula is C16H19BrO2. The Labute approximate surface area is 123 Å². The van der Waals surface area contributed by atoms with Gasteiger partial charge in [0.1, 0.15) is 5.75 Å². The van der Waals surface area contributed by atoms with Crippen LogP contribution in [0.3, 0.4) is 0 Å². The van der Waals surface area contributed by atoms with E-state index in [1.165, 1.54) is 0 Å². The van der Waals surface area contributed by atoms with Crippen LogP contribution >= 0.6 is 15.9 Å². The SMILES string of the molecule is C/C=C/C=C/COC/C=C/c1ccc(OC)c(Br)c1. The fraction of sp³-hybridized carbons (Fsp3) is 0.250. The molecular weight excluding hydrogens is 304 g/mol. The van der Waals surface area contributed by atoms with Gasteiger partial charge in [-0.15, -0.1) is 0 Å². The maximum atomic E-state index is 5.43. The Morgan fingerprint density at radius 2 is 1.95 bits per heavy atom. The molecule has 0 unspecified atom stereocenters. The fourth-order valence-corrected chi connectivity index (χ4v) is 1.98. The molecule has 0 radical (unpaired) electrons. The van der Waals surface area contributed by atoms with Crippen LogP contribution in [0.1, 0.15) is 12.5 Å². The van der Waals surface area contributed by atoms with Crippen LogP contribution in [0.4, 0.5) is 0 Å². The second-order valence-electron chi connectivity index (χ2n) is 3.79. The molecule has 0 aliphatic carbocycles. The third kappa shape index (κ3) is 6.41. The minimum absolute atomic E-state index is 0.601. The number of ether oxygens (including phenoxy) is 2. The van der Waals surface area contributed by atoms with Crippen LogP contribution in [-0.4, -0.2) is 20.3 Å². The lowest BCUT2D eigenvalue weighted by Crippen LogP contribution is -1.90. The van der Waals surface area contributed by atoms with Gasteiger partial charge in [-0.05, 0) is 40.5 Å². The highest BCUT2D eigenvalue weighted by atomic mass is 79.9. The van der Waals surface area contributed by atoms with Gasteiger partial charge in [0, 0.05) is 0 Å². The summed E-state index contributed by atoms with van der Waals surface area (Å²) in [7, 11) is 1.66. The van der Waals surface area contributed by atoms with E-state index in [0.29, 0.717) is 13.2 Å². The van der Waals surface area contributed by atoms with Gasteiger partial charge < -0.3 is 9.47 Å². The van der Waals surface area contributed by atoms with Crippen molar-refractivity contribution < 1.29 is 9.47 Å². The molecule has 0 aliphatic rings. The van der Waals surface area contributed by atoms with Crippen molar-refractivity contribution in [3.8, 4) is 5.75 Å². The molecule has 19 heavy (non-hydrogen) atoms. The zero-order valence-electron chi connectivity index (χ0n) is 11.3. The van der Waals surface area contributed by atoms with Gasteiger partial charge in [0.05, 0.1) is 24.8 Å². The summed E-state index contributed by atoms with van der Waals surface area (Å²) in [6.07, 6.45) is 12.0. The highest BCUT2D eigenvalue weighted by Gasteiger charge is 1.98. The van der Waals surface area contributed by atoms with E-state index >= 15 is 0 Å². The minimum atomic E-state index is 0.601. The summed E-state index contributed by atoms with van der Waals surface area (Å²) in [6.45, 7) is 3.21. The zero-order chi connectivity index (χ0) is 13.9. The van der Waals surface area contributed by atoms with Gasteiger partial charge in [-0.1, -0.05) is 42.5 Å². The van der Waals surface area contributed by atoms with Crippen molar-refractivity contribution in [2.75, 3.05) is 20.3 Å². The topological polar surface area (TPSA) is 18.5 Å². The molecule has 0 aromatic heterocycles. The molecule has 0 spiro atoms. The van der Waals surface area contributed by atoms with Crippen molar-refractivity contribution in [3.05, 3.63) is 58.6 Å². The number of benzene rings is 1. The first-order valence-electron chi connectivity index (χ1n) is 6.13. The third-order valence-electron chi connectivity index (χ3n) is 2.35. The Bertz CT molecular complexity index is 462. The summed E-state index contributed by atoms with van der Waals surface area (Å²) in [5.41, 5.74) is 1.11. The first kappa shape index (κ1) is 15.7. The van der Waals surface area contributed by atoms with E-state index in [2.05, 4.69) is 15.9 Å². The van der Waals surface area contributed by atoms with E-state index in [4.69, 9.17) is 9.47 Å².